The largest absolute Gasteiger partial charge is 0.497 e. The Hall–Kier alpha value is -3.75. The lowest BCUT2D eigenvalue weighted by Crippen LogP contribution is -2.31. The van der Waals surface area contributed by atoms with Crippen molar-refractivity contribution in [2.45, 2.75) is 19.3 Å². The lowest BCUT2D eigenvalue weighted by Gasteiger charge is -2.26. The number of hydrogen-bond acceptors (Lipinski definition) is 8. The summed E-state index contributed by atoms with van der Waals surface area (Å²) in [6, 6.07) is 13.6. The molecule has 2 aromatic carbocycles. The number of hydrogen-bond donors (Lipinski definition) is 2. The lowest BCUT2D eigenvalue weighted by atomic mass is 10.1. The topological polar surface area (TPSA) is 87.6 Å². The van der Waals surface area contributed by atoms with Crippen LogP contribution in [0.5, 0.6) is 5.75 Å². The van der Waals surface area contributed by atoms with Gasteiger partial charge in [-0.05, 0) is 73.4 Å². The second-order valence-corrected chi connectivity index (χ2v) is 7.11. The number of benzene rings is 2. The SMILES string of the molecule is COc1ccc(/C=N\Nc2nc(Nc3ccc(F)cc3)nc(N3CCCCC3)n2)cc1. The van der Waals surface area contributed by atoms with E-state index in [1.165, 1.54) is 18.6 Å². The Bertz CT molecular complexity index is 1020. The van der Waals surface area contributed by atoms with Crippen molar-refractivity contribution < 1.29 is 9.13 Å². The summed E-state index contributed by atoms with van der Waals surface area (Å²) in [5.74, 6) is 1.76. The van der Waals surface area contributed by atoms with E-state index in [0.717, 1.165) is 37.2 Å². The zero-order chi connectivity index (χ0) is 21.5. The third kappa shape index (κ3) is 5.65. The number of anilines is 4. The number of halogens is 1. The number of rotatable bonds is 7. The molecule has 0 bridgehead atoms. The third-order valence-corrected chi connectivity index (χ3v) is 4.86. The molecule has 3 aromatic rings. The smallest absolute Gasteiger partial charge is 0.250 e. The van der Waals surface area contributed by atoms with Crippen LogP contribution in [0.4, 0.5) is 27.9 Å². The van der Waals surface area contributed by atoms with Gasteiger partial charge in [-0.2, -0.15) is 20.1 Å². The van der Waals surface area contributed by atoms with Crippen LogP contribution in [-0.4, -0.2) is 41.4 Å². The highest BCUT2D eigenvalue weighted by Crippen LogP contribution is 2.21. The van der Waals surface area contributed by atoms with Crippen molar-refractivity contribution in [3.8, 4) is 5.75 Å². The number of nitrogens with one attached hydrogen (secondary N) is 2. The van der Waals surface area contributed by atoms with E-state index in [-0.39, 0.29) is 5.82 Å². The zero-order valence-corrected chi connectivity index (χ0v) is 17.3. The maximum atomic E-state index is 13.2. The van der Waals surface area contributed by atoms with Crippen molar-refractivity contribution in [3.05, 3.63) is 59.9 Å². The maximum absolute atomic E-state index is 13.2. The minimum Gasteiger partial charge on any atom is -0.497 e. The minimum absolute atomic E-state index is 0.301. The van der Waals surface area contributed by atoms with Crippen LogP contribution >= 0.6 is 0 Å². The van der Waals surface area contributed by atoms with Gasteiger partial charge in [0.1, 0.15) is 11.6 Å². The molecule has 2 heterocycles. The van der Waals surface area contributed by atoms with Crippen molar-refractivity contribution >= 4 is 29.7 Å². The van der Waals surface area contributed by atoms with Crippen molar-refractivity contribution in [3.63, 3.8) is 0 Å². The Balaban J connectivity index is 1.54. The van der Waals surface area contributed by atoms with Gasteiger partial charge in [-0.25, -0.2) is 9.82 Å². The summed E-state index contributed by atoms with van der Waals surface area (Å²) in [5.41, 5.74) is 4.48. The van der Waals surface area contributed by atoms with Crippen LogP contribution in [0.2, 0.25) is 0 Å². The molecule has 1 aromatic heterocycles. The van der Waals surface area contributed by atoms with E-state index in [0.29, 0.717) is 23.5 Å². The molecule has 8 nitrogen and oxygen atoms in total. The molecule has 0 aliphatic carbocycles. The van der Waals surface area contributed by atoms with Gasteiger partial charge in [0.15, 0.2) is 0 Å². The lowest BCUT2D eigenvalue weighted by molar-refractivity contribution is 0.415. The fourth-order valence-electron chi connectivity index (χ4n) is 3.22. The predicted octanol–water partition coefficient (Wildman–Crippen LogP) is 4.20. The highest BCUT2D eigenvalue weighted by molar-refractivity contribution is 5.80. The maximum Gasteiger partial charge on any atom is 0.250 e. The quantitative estimate of drug-likeness (QED) is 0.437. The summed E-state index contributed by atoms with van der Waals surface area (Å²) in [4.78, 5) is 15.6. The summed E-state index contributed by atoms with van der Waals surface area (Å²) < 4.78 is 18.4. The number of nitrogens with zero attached hydrogens (tertiary/aromatic N) is 5. The molecule has 0 saturated carbocycles. The van der Waals surface area contributed by atoms with Gasteiger partial charge in [-0.15, -0.1) is 0 Å². The Morgan fingerprint density at radius 1 is 0.935 bits per heavy atom. The molecule has 1 saturated heterocycles. The Morgan fingerprint density at radius 3 is 2.35 bits per heavy atom. The molecule has 0 spiro atoms. The second-order valence-electron chi connectivity index (χ2n) is 7.11. The number of aromatic nitrogens is 3. The first-order chi connectivity index (χ1) is 15.2. The highest BCUT2D eigenvalue weighted by Gasteiger charge is 2.16. The fraction of sp³-hybridized carbons (Fsp3) is 0.273. The average Bonchev–Trinajstić information content (AvgIpc) is 2.81. The first kappa shape index (κ1) is 20.5. The number of hydrazone groups is 1. The van der Waals surface area contributed by atoms with Crippen LogP contribution in [0.3, 0.4) is 0 Å². The van der Waals surface area contributed by atoms with Crippen LogP contribution in [0.15, 0.2) is 53.6 Å². The standard InChI is InChI=1S/C22H24FN7O/c1-31-19-11-5-16(6-12-19)15-24-29-21-26-20(25-18-9-7-17(23)8-10-18)27-22(28-21)30-13-3-2-4-14-30/h5-12,15H,2-4,13-14H2,1H3,(H2,25,26,27,28,29)/b24-15-. The van der Waals surface area contributed by atoms with E-state index in [2.05, 4.69) is 35.7 Å². The molecular weight excluding hydrogens is 397 g/mol. The van der Waals surface area contributed by atoms with Gasteiger partial charge in [0.25, 0.3) is 0 Å². The Labute approximate surface area is 180 Å². The number of ether oxygens (including phenoxy) is 1. The highest BCUT2D eigenvalue weighted by atomic mass is 19.1. The van der Waals surface area contributed by atoms with Crippen molar-refractivity contribution in [2.75, 3.05) is 35.8 Å². The zero-order valence-electron chi connectivity index (χ0n) is 17.3. The summed E-state index contributed by atoms with van der Waals surface area (Å²) in [5, 5.41) is 7.36. The normalized spacial score (nSPS) is 13.9. The van der Waals surface area contributed by atoms with Crippen molar-refractivity contribution in [1.29, 1.82) is 0 Å². The van der Waals surface area contributed by atoms with Gasteiger partial charge < -0.3 is 15.0 Å². The van der Waals surface area contributed by atoms with Gasteiger partial charge in [0, 0.05) is 18.8 Å². The van der Waals surface area contributed by atoms with Crippen LogP contribution in [0, 0.1) is 5.82 Å². The third-order valence-electron chi connectivity index (χ3n) is 4.86. The van der Waals surface area contributed by atoms with Gasteiger partial charge in [-0.1, -0.05) is 0 Å². The molecule has 0 atom stereocenters. The van der Waals surface area contributed by atoms with Crippen LogP contribution in [0.1, 0.15) is 24.8 Å². The number of piperidine rings is 1. The van der Waals surface area contributed by atoms with E-state index in [4.69, 9.17) is 4.74 Å². The van der Waals surface area contributed by atoms with Crippen LogP contribution < -0.4 is 20.4 Å². The molecule has 1 aliphatic heterocycles. The Kier molecular flexibility index (Phi) is 6.51. The van der Waals surface area contributed by atoms with Crippen LogP contribution in [0.25, 0.3) is 0 Å². The molecule has 0 unspecified atom stereocenters. The average molecular weight is 421 g/mol. The van der Waals surface area contributed by atoms with Crippen molar-refractivity contribution in [2.24, 2.45) is 5.10 Å². The monoisotopic (exact) mass is 421 g/mol. The first-order valence-electron chi connectivity index (χ1n) is 10.2. The summed E-state index contributed by atoms with van der Waals surface area (Å²) in [6.07, 6.45) is 5.09. The molecule has 160 valence electrons. The molecule has 9 heteroatoms. The molecular formula is C22H24FN7O. The molecule has 31 heavy (non-hydrogen) atoms. The van der Waals surface area contributed by atoms with E-state index in [9.17, 15) is 4.39 Å². The summed E-state index contributed by atoms with van der Waals surface area (Å²) >= 11 is 0. The van der Waals surface area contributed by atoms with E-state index in [1.54, 1.807) is 25.5 Å². The van der Waals surface area contributed by atoms with E-state index >= 15 is 0 Å². The van der Waals surface area contributed by atoms with E-state index in [1.807, 2.05) is 24.3 Å². The van der Waals surface area contributed by atoms with Gasteiger partial charge in [0.05, 0.1) is 13.3 Å². The molecule has 0 radical (unpaired) electrons. The molecule has 0 amide bonds. The number of methoxy groups -OCH3 is 1. The predicted molar refractivity (Wildman–Crippen MR) is 120 cm³/mol. The molecule has 1 aliphatic rings. The van der Waals surface area contributed by atoms with Gasteiger partial charge in [0.2, 0.25) is 17.8 Å². The first-order valence-corrected chi connectivity index (χ1v) is 10.2. The van der Waals surface area contributed by atoms with Crippen molar-refractivity contribution in [1.82, 2.24) is 15.0 Å². The molecule has 1 fully saturated rings. The summed E-state index contributed by atoms with van der Waals surface area (Å²) in [6.45, 7) is 1.79. The Morgan fingerprint density at radius 2 is 1.65 bits per heavy atom. The van der Waals surface area contributed by atoms with Crippen LogP contribution in [-0.2, 0) is 0 Å². The summed E-state index contributed by atoms with van der Waals surface area (Å²) in [7, 11) is 1.63. The fourth-order valence-corrected chi connectivity index (χ4v) is 3.22. The second kappa shape index (κ2) is 9.84. The van der Waals surface area contributed by atoms with Gasteiger partial charge in [-0.3, -0.25) is 0 Å². The minimum atomic E-state index is -0.301. The molecule has 4 rings (SSSR count). The molecule has 2 N–H and O–H groups in total. The van der Waals surface area contributed by atoms with Gasteiger partial charge >= 0.3 is 0 Å². The van der Waals surface area contributed by atoms with E-state index < -0.39 is 0 Å².